The van der Waals surface area contributed by atoms with Crippen LogP contribution in [0.15, 0.2) is 87.5 Å². The minimum atomic E-state index is -2.95. The van der Waals surface area contributed by atoms with Crippen LogP contribution < -0.4 is 0 Å². The molecule has 1 atom stereocenters. The molecular formula is C19H21NO3S. The van der Waals surface area contributed by atoms with Crippen molar-refractivity contribution in [2.24, 2.45) is 4.36 Å². The Morgan fingerprint density at radius 1 is 1.12 bits per heavy atom. The molecule has 1 unspecified atom stereocenters. The van der Waals surface area contributed by atoms with Crippen LogP contribution >= 0.6 is 0 Å². The fourth-order valence-corrected chi connectivity index (χ4v) is 4.32. The van der Waals surface area contributed by atoms with Crippen LogP contribution in [0.3, 0.4) is 0 Å². The number of esters is 1. The first kappa shape index (κ1) is 17.9. The maximum Gasteiger partial charge on any atom is 0.331 e. The lowest BCUT2D eigenvalue weighted by atomic mass is 10.2. The summed E-state index contributed by atoms with van der Waals surface area (Å²) >= 11 is 0. The van der Waals surface area contributed by atoms with Gasteiger partial charge in [-0.2, -0.15) is 0 Å². The van der Waals surface area contributed by atoms with Crippen molar-refractivity contribution < 1.29 is 13.7 Å². The molecule has 0 saturated heterocycles. The lowest BCUT2D eigenvalue weighted by Crippen LogP contribution is -2.23. The summed E-state index contributed by atoms with van der Waals surface area (Å²) in [5.74, 6) is -0.489. The average Bonchev–Trinajstić information content (AvgIpc) is 2.63. The monoisotopic (exact) mass is 343 g/mol. The summed E-state index contributed by atoms with van der Waals surface area (Å²) in [5.41, 5.74) is 0. The largest absolute Gasteiger partial charge is 0.464 e. The fraction of sp³-hybridized carbons (Fsp3) is 0.211. The van der Waals surface area contributed by atoms with Crippen molar-refractivity contribution in [3.05, 3.63) is 73.3 Å². The van der Waals surface area contributed by atoms with Gasteiger partial charge in [-0.05, 0) is 37.6 Å². The molecule has 126 valence electrons. The number of nitrogens with zero attached hydrogens (tertiary/aromatic N) is 1. The van der Waals surface area contributed by atoms with Gasteiger partial charge in [0.2, 0.25) is 0 Å². The Morgan fingerprint density at radius 3 is 2.04 bits per heavy atom. The first-order valence-corrected chi connectivity index (χ1v) is 9.27. The summed E-state index contributed by atoms with van der Waals surface area (Å²) in [4.78, 5) is 13.3. The lowest BCUT2D eigenvalue weighted by Gasteiger charge is -2.15. The van der Waals surface area contributed by atoms with Gasteiger partial charge >= 0.3 is 5.97 Å². The predicted molar refractivity (Wildman–Crippen MR) is 95.2 cm³/mol. The van der Waals surface area contributed by atoms with Gasteiger partial charge in [0, 0.05) is 0 Å². The molecular weight excluding hydrogens is 322 g/mol. The number of carbonyl (C=O) groups is 1. The smallest absolute Gasteiger partial charge is 0.331 e. The summed E-state index contributed by atoms with van der Waals surface area (Å²) < 4.78 is 23.3. The molecule has 0 aliphatic rings. The predicted octanol–water partition coefficient (Wildman–Crippen LogP) is 4.08. The van der Waals surface area contributed by atoms with Crippen LogP contribution in [0.25, 0.3) is 0 Å². The van der Waals surface area contributed by atoms with Gasteiger partial charge in [-0.15, -0.1) is 6.58 Å². The molecule has 2 aromatic carbocycles. The fourth-order valence-electron chi connectivity index (χ4n) is 2.23. The quantitative estimate of drug-likeness (QED) is 0.562. The van der Waals surface area contributed by atoms with E-state index >= 15 is 0 Å². The normalized spacial score (nSPS) is 12.2. The van der Waals surface area contributed by atoms with E-state index in [9.17, 15) is 9.00 Å². The Labute approximate surface area is 143 Å². The van der Waals surface area contributed by atoms with E-state index in [2.05, 4.69) is 10.9 Å². The molecule has 2 rings (SSSR count). The number of benzene rings is 2. The van der Waals surface area contributed by atoms with Crippen molar-refractivity contribution in [3.8, 4) is 0 Å². The van der Waals surface area contributed by atoms with Crippen LogP contribution in [0.2, 0.25) is 0 Å². The Morgan fingerprint density at radius 2 is 1.62 bits per heavy atom. The molecule has 0 amide bonds. The highest BCUT2D eigenvalue weighted by molar-refractivity contribution is 7.93. The minimum Gasteiger partial charge on any atom is -0.464 e. The van der Waals surface area contributed by atoms with E-state index in [0.29, 0.717) is 9.79 Å². The Balaban J connectivity index is 2.63. The van der Waals surface area contributed by atoms with Crippen LogP contribution in [0.1, 0.15) is 13.3 Å². The molecule has 2 aromatic rings. The van der Waals surface area contributed by atoms with Crippen molar-refractivity contribution >= 4 is 15.7 Å². The molecule has 4 nitrogen and oxygen atoms in total. The van der Waals surface area contributed by atoms with Crippen molar-refractivity contribution in [1.82, 2.24) is 0 Å². The molecule has 0 radical (unpaired) electrons. The van der Waals surface area contributed by atoms with E-state index in [1.54, 1.807) is 61.5 Å². The highest BCUT2D eigenvalue weighted by Gasteiger charge is 2.23. The molecule has 0 heterocycles. The van der Waals surface area contributed by atoms with Crippen LogP contribution in [0.4, 0.5) is 0 Å². The summed E-state index contributed by atoms with van der Waals surface area (Å²) in [7, 11) is -2.95. The molecule has 5 heteroatoms. The van der Waals surface area contributed by atoms with Gasteiger partial charge in [0.25, 0.3) is 0 Å². The van der Waals surface area contributed by atoms with Gasteiger partial charge < -0.3 is 4.74 Å². The lowest BCUT2D eigenvalue weighted by molar-refractivity contribution is -0.144. The second-order valence-corrected chi connectivity index (χ2v) is 7.25. The Kier molecular flexibility index (Phi) is 6.32. The van der Waals surface area contributed by atoms with Crippen molar-refractivity contribution in [2.45, 2.75) is 29.2 Å². The van der Waals surface area contributed by atoms with E-state index in [1.165, 1.54) is 0 Å². The number of rotatable bonds is 7. The standard InChI is InChI=1S/C19H21NO3S/c1-3-11-18(19(21)23-4-2)20-24(22,16-12-7-5-8-13-16)17-14-9-6-10-15-17/h3,5-10,12-15,18H,1,4,11H2,2H3. The third-order valence-corrected chi connectivity index (χ3v) is 5.72. The first-order valence-electron chi connectivity index (χ1n) is 7.75. The van der Waals surface area contributed by atoms with Crippen LogP contribution in [0.5, 0.6) is 0 Å². The summed E-state index contributed by atoms with van der Waals surface area (Å²) in [5, 5.41) is 0. The summed E-state index contributed by atoms with van der Waals surface area (Å²) in [6.07, 6.45) is 1.86. The van der Waals surface area contributed by atoms with Crippen molar-refractivity contribution in [3.63, 3.8) is 0 Å². The van der Waals surface area contributed by atoms with Gasteiger partial charge in [-0.1, -0.05) is 42.5 Å². The zero-order valence-electron chi connectivity index (χ0n) is 13.6. The van der Waals surface area contributed by atoms with Crippen molar-refractivity contribution in [2.75, 3.05) is 6.61 Å². The molecule has 0 spiro atoms. The first-order chi connectivity index (χ1) is 11.6. The van der Waals surface area contributed by atoms with Gasteiger partial charge in [0.1, 0.15) is 9.73 Å². The number of ether oxygens (including phenoxy) is 1. The molecule has 0 aliphatic heterocycles. The third kappa shape index (κ3) is 4.11. The van der Waals surface area contributed by atoms with Crippen LogP contribution in [-0.4, -0.2) is 22.8 Å². The molecule has 0 aromatic heterocycles. The number of hydrogen-bond donors (Lipinski definition) is 0. The van der Waals surface area contributed by atoms with E-state index in [1.807, 2.05) is 12.1 Å². The maximum atomic E-state index is 13.8. The topological polar surface area (TPSA) is 55.7 Å². The molecule has 0 fully saturated rings. The Hall–Kier alpha value is -2.40. The SMILES string of the molecule is C=CCC(N=S(=O)(c1ccccc1)c1ccccc1)C(=O)OCC. The van der Waals surface area contributed by atoms with E-state index in [-0.39, 0.29) is 13.0 Å². The average molecular weight is 343 g/mol. The highest BCUT2D eigenvalue weighted by Crippen LogP contribution is 2.25. The second-order valence-electron chi connectivity index (χ2n) is 5.05. The van der Waals surface area contributed by atoms with Crippen LogP contribution in [-0.2, 0) is 19.3 Å². The van der Waals surface area contributed by atoms with Crippen molar-refractivity contribution in [1.29, 1.82) is 0 Å². The van der Waals surface area contributed by atoms with Gasteiger partial charge in [-0.3, -0.25) is 0 Å². The third-order valence-electron chi connectivity index (χ3n) is 3.35. The van der Waals surface area contributed by atoms with Gasteiger partial charge in [-0.25, -0.2) is 13.4 Å². The van der Waals surface area contributed by atoms with Gasteiger partial charge in [0.05, 0.1) is 16.4 Å². The summed E-state index contributed by atoms with van der Waals surface area (Å²) in [6, 6.07) is 17.1. The Bertz CT molecular complexity index is 748. The zero-order valence-corrected chi connectivity index (χ0v) is 14.4. The molecule has 0 N–H and O–H groups in total. The molecule has 0 aliphatic carbocycles. The number of carbonyl (C=O) groups excluding carboxylic acids is 1. The molecule has 24 heavy (non-hydrogen) atoms. The van der Waals surface area contributed by atoms with E-state index < -0.39 is 21.7 Å². The van der Waals surface area contributed by atoms with Crippen LogP contribution in [0, 0.1) is 0 Å². The minimum absolute atomic E-state index is 0.250. The molecule has 0 bridgehead atoms. The van der Waals surface area contributed by atoms with E-state index in [4.69, 9.17) is 4.74 Å². The second kappa shape index (κ2) is 8.45. The summed E-state index contributed by atoms with van der Waals surface area (Å²) in [6.45, 7) is 5.64. The zero-order chi connectivity index (χ0) is 17.4. The maximum absolute atomic E-state index is 13.8. The number of hydrogen-bond acceptors (Lipinski definition) is 4. The van der Waals surface area contributed by atoms with E-state index in [0.717, 1.165) is 0 Å². The highest BCUT2D eigenvalue weighted by atomic mass is 32.2. The molecule has 0 saturated carbocycles. The van der Waals surface area contributed by atoms with Gasteiger partial charge in [0.15, 0.2) is 6.04 Å².